The van der Waals surface area contributed by atoms with Gasteiger partial charge in [-0.1, -0.05) is 62.4 Å². The van der Waals surface area contributed by atoms with Crippen LogP contribution in [0.25, 0.3) is 0 Å². The Balaban J connectivity index is 1.40. The van der Waals surface area contributed by atoms with Crippen molar-refractivity contribution in [3.63, 3.8) is 0 Å². The van der Waals surface area contributed by atoms with Crippen molar-refractivity contribution in [2.45, 2.75) is 44.9 Å². The van der Waals surface area contributed by atoms with E-state index in [1.165, 1.54) is 32.1 Å². The van der Waals surface area contributed by atoms with Crippen molar-refractivity contribution in [2.75, 3.05) is 18.5 Å². The molecule has 0 bridgehead atoms. The summed E-state index contributed by atoms with van der Waals surface area (Å²) in [5, 5.41) is 6.15. The van der Waals surface area contributed by atoms with Gasteiger partial charge in [-0.05, 0) is 48.8 Å². The van der Waals surface area contributed by atoms with Gasteiger partial charge in [-0.2, -0.15) is 0 Å². The molecule has 0 radical (unpaired) electrons. The number of hydrogen-bond donors (Lipinski definition) is 2. The predicted molar refractivity (Wildman–Crippen MR) is 124 cm³/mol. The zero-order valence-corrected chi connectivity index (χ0v) is 18.1. The molecule has 2 aromatic rings. The lowest BCUT2D eigenvalue weighted by Crippen LogP contribution is -2.34. The van der Waals surface area contributed by atoms with Crippen molar-refractivity contribution >= 4 is 28.9 Å². The van der Waals surface area contributed by atoms with Crippen LogP contribution in [0.15, 0.2) is 54.6 Å². The lowest BCUT2D eigenvalue weighted by atomic mass is 9.86. The Kier molecular flexibility index (Phi) is 8.97. The van der Waals surface area contributed by atoms with E-state index in [1.807, 2.05) is 54.6 Å². The zero-order valence-electron chi connectivity index (χ0n) is 17.3. The molecule has 30 heavy (non-hydrogen) atoms. The molecule has 1 fully saturated rings. The van der Waals surface area contributed by atoms with Crippen LogP contribution in [0, 0.1) is 5.92 Å². The molecule has 0 aromatic heterocycles. The van der Waals surface area contributed by atoms with E-state index in [2.05, 4.69) is 10.6 Å². The van der Waals surface area contributed by atoms with E-state index >= 15 is 0 Å². The number of benzene rings is 2. The van der Waals surface area contributed by atoms with Crippen molar-refractivity contribution in [2.24, 2.45) is 5.92 Å². The van der Waals surface area contributed by atoms with Gasteiger partial charge in [-0.3, -0.25) is 4.79 Å². The largest absolute Gasteiger partial charge is 0.490 e. The minimum atomic E-state index is -0.0345. The first-order valence-electron chi connectivity index (χ1n) is 10.7. The van der Waals surface area contributed by atoms with Gasteiger partial charge in [0, 0.05) is 6.42 Å². The molecule has 0 unspecified atom stereocenters. The number of carbonyl (C=O) groups is 1. The first kappa shape index (κ1) is 22.1. The molecule has 5 nitrogen and oxygen atoms in total. The second kappa shape index (κ2) is 12.2. The van der Waals surface area contributed by atoms with Crippen LogP contribution in [0.2, 0.25) is 0 Å². The van der Waals surface area contributed by atoms with Crippen molar-refractivity contribution in [3.8, 4) is 11.5 Å². The summed E-state index contributed by atoms with van der Waals surface area (Å²) in [7, 11) is 0. The molecule has 1 saturated carbocycles. The summed E-state index contributed by atoms with van der Waals surface area (Å²) in [6.45, 7) is 0.828. The Morgan fingerprint density at radius 2 is 1.63 bits per heavy atom. The van der Waals surface area contributed by atoms with Crippen LogP contribution in [0.3, 0.4) is 0 Å². The van der Waals surface area contributed by atoms with Crippen LogP contribution in [0.1, 0.15) is 44.9 Å². The molecule has 2 aromatic carbocycles. The summed E-state index contributed by atoms with van der Waals surface area (Å²) >= 11 is 5.32. The van der Waals surface area contributed by atoms with Gasteiger partial charge >= 0.3 is 0 Å². The fraction of sp³-hybridized carbons (Fsp3) is 0.417. The SMILES string of the molecule is O=C(CCC1CCCCC1)NC(=S)Nc1ccccc1OCCOc1ccccc1. The van der Waals surface area contributed by atoms with Gasteiger partial charge < -0.3 is 20.1 Å². The van der Waals surface area contributed by atoms with Gasteiger partial charge in [0.05, 0.1) is 5.69 Å². The molecule has 6 heteroatoms. The Hall–Kier alpha value is -2.60. The van der Waals surface area contributed by atoms with E-state index in [0.29, 0.717) is 36.4 Å². The number of hydrogen-bond acceptors (Lipinski definition) is 4. The minimum absolute atomic E-state index is 0.0345. The number of amides is 1. The molecule has 3 rings (SSSR count). The summed E-state index contributed by atoms with van der Waals surface area (Å²) in [6.07, 6.45) is 7.86. The molecule has 160 valence electrons. The predicted octanol–water partition coefficient (Wildman–Crippen LogP) is 5.32. The van der Waals surface area contributed by atoms with Crippen LogP contribution in [0.5, 0.6) is 11.5 Å². The van der Waals surface area contributed by atoms with Gasteiger partial charge in [0.25, 0.3) is 0 Å². The number of ether oxygens (including phenoxy) is 2. The van der Waals surface area contributed by atoms with E-state index in [9.17, 15) is 4.79 Å². The first-order chi connectivity index (χ1) is 14.7. The molecule has 0 aliphatic heterocycles. The molecule has 1 aliphatic rings. The highest BCUT2D eigenvalue weighted by Gasteiger charge is 2.15. The second-order valence-corrected chi connectivity index (χ2v) is 7.96. The van der Waals surface area contributed by atoms with Gasteiger partial charge in [-0.25, -0.2) is 0 Å². The number of rotatable bonds is 9. The van der Waals surface area contributed by atoms with E-state index in [0.717, 1.165) is 17.9 Å². The average Bonchev–Trinajstić information content (AvgIpc) is 2.78. The molecule has 1 aliphatic carbocycles. The Morgan fingerprint density at radius 3 is 2.43 bits per heavy atom. The smallest absolute Gasteiger partial charge is 0.226 e. The molecule has 0 heterocycles. The summed E-state index contributed by atoms with van der Waals surface area (Å²) in [6, 6.07) is 17.1. The quantitative estimate of drug-likeness (QED) is 0.420. The van der Waals surface area contributed by atoms with Crippen molar-refractivity contribution in [1.29, 1.82) is 0 Å². The lowest BCUT2D eigenvalue weighted by molar-refractivity contribution is -0.120. The van der Waals surface area contributed by atoms with Gasteiger partial charge in [0.15, 0.2) is 5.11 Å². The number of nitrogens with one attached hydrogen (secondary N) is 2. The normalized spacial score (nSPS) is 14.0. The average molecular weight is 427 g/mol. The fourth-order valence-corrected chi connectivity index (χ4v) is 3.90. The Labute approximate surface area is 184 Å². The number of thiocarbonyl (C=S) groups is 1. The van der Waals surface area contributed by atoms with Crippen molar-refractivity contribution < 1.29 is 14.3 Å². The van der Waals surface area contributed by atoms with E-state index in [4.69, 9.17) is 21.7 Å². The highest BCUT2D eigenvalue weighted by Crippen LogP contribution is 2.27. The fourth-order valence-electron chi connectivity index (χ4n) is 3.68. The van der Waals surface area contributed by atoms with Crippen molar-refractivity contribution in [3.05, 3.63) is 54.6 Å². The summed E-state index contributed by atoms with van der Waals surface area (Å²) in [5.41, 5.74) is 0.717. The third kappa shape index (κ3) is 7.67. The van der Waals surface area contributed by atoms with Crippen LogP contribution in [-0.4, -0.2) is 24.2 Å². The standard InChI is InChI=1S/C24H30N2O3S/c27-23(16-15-19-9-3-1-4-10-19)26-24(30)25-21-13-7-8-14-22(21)29-18-17-28-20-11-5-2-6-12-20/h2,5-8,11-14,19H,1,3-4,9-10,15-18H2,(H2,25,26,27,30). The van der Waals surface area contributed by atoms with Gasteiger partial charge in [-0.15, -0.1) is 0 Å². The highest BCUT2D eigenvalue weighted by atomic mass is 32.1. The maximum Gasteiger partial charge on any atom is 0.226 e. The van der Waals surface area contributed by atoms with Crippen LogP contribution in [0.4, 0.5) is 5.69 Å². The van der Waals surface area contributed by atoms with Gasteiger partial charge in [0.1, 0.15) is 24.7 Å². The first-order valence-corrected chi connectivity index (χ1v) is 11.1. The van der Waals surface area contributed by atoms with Crippen LogP contribution >= 0.6 is 12.2 Å². The third-order valence-corrected chi connectivity index (χ3v) is 5.45. The Bertz CT molecular complexity index is 807. The van der Waals surface area contributed by atoms with E-state index < -0.39 is 0 Å². The van der Waals surface area contributed by atoms with Crippen LogP contribution in [-0.2, 0) is 4.79 Å². The summed E-state index contributed by atoms with van der Waals surface area (Å²) in [5.74, 6) is 2.11. The molecule has 0 saturated heterocycles. The van der Waals surface area contributed by atoms with E-state index in [-0.39, 0.29) is 5.91 Å². The molecule has 2 N–H and O–H groups in total. The molecular weight excluding hydrogens is 396 g/mol. The van der Waals surface area contributed by atoms with E-state index in [1.54, 1.807) is 0 Å². The summed E-state index contributed by atoms with van der Waals surface area (Å²) < 4.78 is 11.5. The molecule has 1 amide bonds. The zero-order chi connectivity index (χ0) is 21.0. The molecule has 0 spiro atoms. The maximum atomic E-state index is 12.2. The minimum Gasteiger partial charge on any atom is -0.490 e. The Morgan fingerprint density at radius 1 is 0.933 bits per heavy atom. The molecule has 0 atom stereocenters. The van der Waals surface area contributed by atoms with Crippen molar-refractivity contribution in [1.82, 2.24) is 5.32 Å². The highest BCUT2D eigenvalue weighted by molar-refractivity contribution is 7.80. The lowest BCUT2D eigenvalue weighted by Gasteiger charge is -2.21. The number of para-hydroxylation sites is 3. The monoisotopic (exact) mass is 426 g/mol. The summed E-state index contributed by atoms with van der Waals surface area (Å²) in [4.78, 5) is 12.2. The topological polar surface area (TPSA) is 59.6 Å². The van der Waals surface area contributed by atoms with Crippen LogP contribution < -0.4 is 20.1 Å². The number of carbonyl (C=O) groups excluding carboxylic acids is 1. The third-order valence-electron chi connectivity index (χ3n) is 5.25. The maximum absolute atomic E-state index is 12.2. The number of anilines is 1. The molecular formula is C24H30N2O3S. The second-order valence-electron chi connectivity index (χ2n) is 7.55. The van der Waals surface area contributed by atoms with Gasteiger partial charge in [0.2, 0.25) is 5.91 Å².